The molecule has 0 spiro atoms. The SMILES string of the molecule is NCc1cc(C(=O)Nc2cccc(C(N)=O)c2)ccn1. The fraction of sp³-hybridized carbons (Fsp3) is 0.0714. The summed E-state index contributed by atoms with van der Waals surface area (Å²) in [7, 11) is 0. The second-order valence-electron chi connectivity index (χ2n) is 4.14. The second-order valence-corrected chi connectivity index (χ2v) is 4.14. The lowest BCUT2D eigenvalue weighted by Crippen LogP contribution is -2.15. The van der Waals surface area contributed by atoms with Crippen LogP contribution in [-0.4, -0.2) is 16.8 Å². The summed E-state index contributed by atoms with van der Waals surface area (Å²) in [6, 6.07) is 9.63. The van der Waals surface area contributed by atoms with E-state index in [1.807, 2.05) is 0 Å². The summed E-state index contributed by atoms with van der Waals surface area (Å²) in [5.74, 6) is -0.848. The standard InChI is InChI=1S/C14H14N4O2/c15-8-12-7-10(4-5-17-12)14(20)18-11-3-1-2-9(6-11)13(16)19/h1-7H,8,15H2,(H2,16,19)(H,18,20). The zero-order valence-electron chi connectivity index (χ0n) is 10.7. The molecule has 102 valence electrons. The molecule has 0 bridgehead atoms. The third kappa shape index (κ3) is 3.18. The summed E-state index contributed by atoms with van der Waals surface area (Å²) in [5, 5.41) is 2.69. The number of primary amides is 1. The van der Waals surface area contributed by atoms with Crippen LogP contribution in [0.25, 0.3) is 0 Å². The number of carbonyl (C=O) groups excluding carboxylic acids is 2. The molecule has 2 rings (SSSR count). The molecule has 1 heterocycles. The number of nitrogens with zero attached hydrogens (tertiary/aromatic N) is 1. The maximum absolute atomic E-state index is 12.1. The van der Waals surface area contributed by atoms with E-state index in [4.69, 9.17) is 11.5 Å². The van der Waals surface area contributed by atoms with E-state index in [-0.39, 0.29) is 12.5 Å². The summed E-state index contributed by atoms with van der Waals surface area (Å²) < 4.78 is 0. The Morgan fingerprint density at radius 3 is 2.65 bits per heavy atom. The van der Waals surface area contributed by atoms with Crippen LogP contribution in [0.3, 0.4) is 0 Å². The number of nitrogens with one attached hydrogen (secondary N) is 1. The third-order valence-electron chi connectivity index (χ3n) is 2.69. The first-order valence-corrected chi connectivity index (χ1v) is 5.96. The van der Waals surface area contributed by atoms with Crippen LogP contribution in [-0.2, 0) is 6.54 Å². The van der Waals surface area contributed by atoms with E-state index in [0.29, 0.717) is 22.5 Å². The number of hydrogen-bond acceptors (Lipinski definition) is 4. The van der Waals surface area contributed by atoms with Gasteiger partial charge in [0.1, 0.15) is 0 Å². The highest BCUT2D eigenvalue weighted by atomic mass is 16.2. The second kappa shape index (κ2) is 5.94. The molecule has 0 aliphatic heterocycles. The van der Waals surface area contributed by atoms with Crippen LogP contribution in [0.4, 0.5) is 5.69 Å². The first kappa shape index (κ1) is 13.7. The monoisotopic (exact) mass is 270 g/mol. The Labute approximate surface area is 115 Å². The third-order valence-corrected chi connectivity index (χ3v) is 2.69. The van der Waals surface area contributed by atoms with Gasteiger partial charge in [0.05, 0.1) is 5.69 Å². The molecular formula is C14H14N4O2. The Morgan fingerprint density at radius 2 is 1.95 bits per heavy atom. The summed E-state index contributed by atoms with van der Waals surface area (Å²) >= 11 is 0. The minimum atomic E-state index is -0.546. The molecule has 2 amide bonds. The van der Waals surface area contributed by atoms with Gasteiger partial charge in [-0.3, -0.25) is 14.6 Å². The molecule has 6 nitrogen and oxygen atoms in total. The van der Waals surface area contributed by atoms with Crippen LogP contribution in [0.15, 0.2) is 42.6 Å². The number of anilines is 1. The van der Waals surface area contributed by atoms with Gasteiger partial charge in [-0.25, -0.2) is 0 Å². The minimum Gasteiger partial charge on any atom is -0.366 e. The van der Waals surface area contributed by atoms with Gasteiger partial charge < -0.3 is 16.8 Å². The van der Waals surface area contributed by atoms with Gasteiger partial charge in [0, 0.05) is 29.6 Å². The molecule has 0 atom stereocenters. The van der Waals surface area contributed by atoms with Gasteiger partial charge in [-0.1, -0.05) is 6.07 Å². The van der Waals surface area contributed by atoms with Gasteiger partial charge in [-0.2, -0.15) is 0 Å². The van der Waals surface area contributed by atoms with Gasteiger partial charge in [-0.05, 0) is 30.3 Å². The number of amides is 2. The molecule has 6 heteroatoms. The zero-order valence-corrected chi connectivity index (χ0v) is 10.7. The van der Waals surface area contributed by atoms with Gasteiger partial charge in [-0.15, -0.1) is 0 Å². The van der Waals surface area contributed by atoms with E-state index in [2.05, 4.69) is 10.3 Å². The zero-order chi connectivity index (χ0) is 14.5. The first-order valence-electron chi connectivity index (χ1n) is 5.96. The number of nitrogens with two attached hydrogens (primary N) is 2. The Hall–Kier alpha value is -2.73. The van der Waals surface area contributed by atoms with Crippen LogP contribution in [0.1, 0.15) is 26.4 Å². The molecule has 0 unspecified atom stereocenters. The molecule has 0 radical (unpaired) electrons. The molecule has 1 aromatic carbocycles. The van der Waals surface area contributed by atoms with E-state index in [1.54, 1.807) is 30.3 Å². The summed E-state index contributed by atoms with van der Waals surface area (Å²) in [6.07, 6.45) is 1.52. The van der Waals surface area contributed by atoms with Gasteiger partial charge in [0.25, 0.3) is 5.91 Å². The molecule has 0 aliphatic rings. The van der Waals surface area contributed by atoms with Crippen molar-refractivity contribution in [1.82, 2.24) is 4.98 Å². The number of aromatic nitrogens is 1. The Bertz CT molecular complexity index is 655. The molecule has 20 heavy (non-hydrogen) atoms. The summed E-state index contributed by atoms with van der Waals surface area (Å²) in [5.41, 5.74) is 12.6. The average molecular weight is 270 g/mol. The fourth-order valence-electron chi connectivity index (χ4n) is 1.68. The van der Waals surface area contributed by atoms with Gasteiger partial charge in [0.2, 0.25) is 5.91 Å². The van der Waals surface area contributed by atoms with Crippen LogP contribution in [0, 0.1) is 0 Å². The summed E-state index contributed by atoms with van der Waals surface area (Å²) in [6.45, 7) is 0.262. The Morgan fingerprint density at radius 1 is 1.15 bits per heavy atom. The van der Waals surface area contributed by atoms with Crippen LogP contribution < -0.4 is 16.8 Å². The molecule has 0 saturated heterocycles. The Kier molecular flexibility index (Phi) is 4.07. The van der Waals surface area contributed by atoms with Crippen molar-refractivity contribution in [2.45, 2.75) is 6.54 Å². The lowest BCUT2D eigenvalue weighted by Gasteiger charge is -2.07. The van der Waals surface area contributed by atoms with E-state index in [0.717, 1.165) is 0 Å². The van der Waals surface area contributed by atoms with E-state index in [9.17, 15) is 9.59 Å². The highest BCUT2D eigenvalue weighted by Crippen LogP contribution is 2.12. The number of rotatable bonds is 4. The van der Waals surface area contributed by atoms with Crippen molar-refractivity contribution in [3.8, 4) is 0 Å². The maximum Gasteiger partial charge on any atom is 0.255 e. The quantitative estimate of drug-likeness (QED) is 0.766. The van der Waals surface area contributed by atoms with E-state index >= 15 is 0 Å². The van der Waals surface area contributed by atoms with Crippen molar-refractivity contribution in [3.05, 3.63) is 59.4 Å². The van der Waals surface area contributed by atoms with E-state index < -0.39 is 5.91 Å². The topological polar surface area (TPSA) is 111 Å². The predicted octanol–water partition coefficient (Wildman–Crippen LogP) is 0.891. The van der Waals surface area contributed by atoms with Crippen molar-refractivity contribution < 1.29 is 9.59 Å². The van der Waals surface area contributed by atoms with Crippen molar-refractivity contribution in [1.29, 1.82) is 0 Å². The number of pyridine rings is 1. The molecule has 2 aromatic rings. The first-order chi connectivity index (χ1) is 9.60. The highest BCUT2D eigenvalue weighted by molar-refractivity contribution is 6.05. The lowest BCUT2D eigenvalue weighted by atomic mass is 10.1. The Balaban J connectivity index is 2.18. The lowest BCUT2D eigenvalue weighted by molar-refractivity contribution is 0.0996. The average Bonchev–Trinajstić information content (AvgIpc) is 2.47. The van der Waals surface area contributed by atoms with Crippen LogP contribution in [0.2, 0.25) is 0 Å². The predicted molar refractivity (Wildman–Crippen MR) is 75.0 cm³/mol. The largest absolute Gasteiger partial charge is 0.366 e. The molecule has 5 N–H and O–H groups in total. The smallest absolute Gasteiger partial charge is 0.255 e. The molecular weight excluding hydrogens is 256 g/mol. The van der Waals surface area contributed by atoms with Crippen molar-refractivity contribution >= 4 is 17.5 Å². The number of benzene rings is 1. The van der Waals surface area contributed by atoms with Crippen molar-refractivity contribution in [2.24, 2.45) is 11.5 Å². The number of carbonyl (C=O) groups is 2. The van der Waals surface area contributed by atoms with Crippen molar-refractivity contribution in [2.75, 3.05) is 5.32 Å². The highest BCUT2D eigenvalue weighted by Gasteiger charge is 2.08. The molecule has 0 fully saturated rings. The fourth-order valence-corrected chi connectivity index (χ4v) is 1.68. The van der Waals surface area contributed by atoms with Crippen LogP contribution >= 0.6 is 0 Å². The van der Waals surface area contributed by atoms with Crippen molar-refractivity contribution in [3.63, 3.8) is 0 Å². The maximum atomic E-state index is 12.1. The molecule has 0 aliphatic carbocycles. The summed E-state index contributed by atoms with van der Waals surface area (Å²) in [4.78, 5) is 27.2. The molecule has 0 saturated carbocycles. The van der Waals surface area contributed by atoms with Crippen LogP contribution in [0.5, 0.6) is 0 Å². The minimum absolute atomic E-state index is 0.262. The number of hydrogen-bond donors (Lipinski definition) is 3. The van der Waals surface area contributed by atoms with Gasteiger partial charge >= 0.3 is 0 Å². The van der Waals surface area contributed by atoms with E-state index in [1.165, 1.54) is 12.3 Å². The molecule has 1 aromatic heterocycles. The normalized spacial score (nSPS) is 10.1. The van der Waals surface area contributed by atoms with Gasteiger partial charge in [0.15, 0.2) is 0 Å².